The molecule has 1 saturated heterocycles. The number of benzene rings is 3. The molecule has 4 aromatic rings. The van der Waals surface area contributed by atoms with Crippen LogP contribution in [0, 0.1) is 19.7 Å². The number of amides is 2. The normalized spacial score (nSPS) is 15.1. The number of carbonyl (C=O) groups is 2. The fraction of sp³-hybridized carbons (Fsp3) is 0.143. The molecule has 0 unspecified atom stereocenters. The SMILES string of the molecule is Cc1ccccc1CN1C(=O)S/C(=C\c2c(C)n(Cc3ccccc3F)c3ccccc23)C1=O. The maximum Gasteiger partial charge on any atom is 0.293 e. The van der Waals surface area contributed by atoms with Gasteiger partial charge in [0.25, 0.3) is 11.1 Å². The number of carbonyl (C=O) groups excluding carboxylic acids is 2. The Morgan fingerprint density at radius 2 is 1.53 bits per heavy atom. The minimum absolute atomic E-state index is 0.251. The first-order chi connectivity index (χ1) is 16.4. The summed E-state index contributed by atoms with van der Waals surface area (Å²) in [7, 11) is 0. The molecule has 4 nitrogen and oxygen atoms in total. The number of thioether (sulfide) groups is 1. The van der Waals surface area contributed by atoms with E-state index >= 15 is 0 Å². The van der Waals surface area contributed by atoms with Gasteiger partial charge in [0.15, 0.2) is 0 Å². The van der Waals surface area contributed by atoms with Crippen LogP contribution in [0.4, 0.5) is 9.18 Å². The van der Waals surface area contributed by atoms with E-state index in [1.807, 2.05) is 68.4 Å². The van der Waals surface area contributed by atoms with Crippen LogP contribution in [0.25, 0.3) is 17.0 Å². The number of hydrogen-bond donors (Lipinski definition) is 0. The van der Waals surface area contributed by atoms with Gasteiger partial charge < -0.3 is 4.57 Å². The summed E-state index contributed by atoms with van der Waals surface area (Å²) in [5.74, 6) is -0.540. The van der Waals surface area contributed by atoms with E-state index < -0.39 is 0 Å². The van der Waals surface area contributed by atoms with Crippen LogP contribution in [0.3, 0.4) is 0 Å². The van der Waals surface area contributed by atoms with Crippen LogP contribution in [0.2, 0.25) is 0 Å². The fourth-order valence-corrected chi connectivity index (χ4v) is 5.19. The van der Waals surface area contributed by atoms with E-state index in [0.29, 0.717) is 17.0 Å². The highest BCUT2D eigenvalue weighted by Crippen LogP contribution is 2.36. The first-order valence-electron chi connectivity index (χ1n) is 11.0. The van der Waals surface area contributed by atoms with Gasteiger partial charge in [0, 0.05) is 27.7 Å². The van der Waals surface area contributed by atoms with Crippen LogP contribution in [0.5, 0.6) is 0 Å². The Morgan fingerprint density at radius 3 is 2.29 bits per heavy atom. The predicted octanol–water partition coefficient (Wildman–Crippen LogP) is 6.68. The van der Waals surface area contributed by atoms with Crippen molar-refractivity contribution in [3.05, 3.63) is 111 Å². The van der Waals surface area contributed by atoms with E-state index in [4.69, 9.17) is 0 Å². The van der Waals surface area contributed by atoms with Crippen molar-refractivity contribution in [2.45, 2.75) is 26.9 Å². The number of imide groups is 1. The van der Waals surface area contributed by atoms with Crippen molar-refractivity contribution in [2.75, 3.05) is 0 Å². The highest BCUT2D eigenvalue weighted by molar-refractivity contribution is 8.18. The lowest BCUT2D eigenvalue weighted by Gasteiger charge is -2.14. The minimum atomic E-state index is -0.288. The van der Waals surface area contributed by atoms with Crippen molar-refractivity contribution < 1.29 is 14.0 Å². The average molecular weight is 471 g/mol. The summed E-state index contributed by atoms with van der Waals surface area (Å²) in [4.78, 5) is 27.6. The summed E-state index contributed by atoms with van der Waals surface area (Å²) in [6, 6.07) is 22.4. The third-order valence-corrected chi connectivity index (χ3v) is 7.21. The summed E-state index contributed by atoms with van der Waals surface area (Å²) in [6.07, 6.45) is 1.80. The predicted molar refractivity (Wildman–Crippen MR) is 135 cm³/mol. The van der Waals surface area contributed by atoms with E-state index in [9.17, 15) is 14.0 Å². The number of hydrogen-bond acceptors (Lipinski definition) is 3. The van der Waals surface area contributed by atoms with Gasteiger partial charge in [-0.15, -0.1) is 0 Å². The average Bonchev–Trinajstić information content (AvgIpc) is 3.25. The number of aryl methyl sites for hydroxylation is 1. The Labute approximate surface area is 201 Å². The second kappa shape index (κ2) is 8.95. The van der Waals surface area contributed by atoms with Crippen LogP contribution >= 0.6 is 11.8 Å². The van der Waals surface area contributed by atoms with Crippen LogP contribution in [0.15, 0.2) is 77.7 Å². The molecule has 1 aromatic heterocycles. The molecule has 1 aliphatic rings. The van der Waals surface area contributed by atoms with E-state index in [1.54, 1.807) is 18.2 Å². The van der Waals surface area contributed by atoms with E-state index in [0.717, 1.165) is 45.0 Å². The van der Waals surface area contributed by atoms with Crippen molar-refractivity contribution in [1.82, 2.24) is 9.47 Å². The standard InChI is InChI=1S/C28H23FN2O2S/c1-18-9-3-4-10-20(18)16-31-27(32)26(34-28(31)33)15-23-19(2)30(25-14-8-6-12-22(23)25)17-21-11-5-7-13-24(21)29/h3-15H,16-17H2,1-2H3/b26-15-. The lowest BCUT2D eigenvalue weighted by molar-refractivity contribution is -0.123. The molecule has 170 valence electrons. The zero-order valence-electron chi connectivity index (χ0n) is 18.9. The van der Waals surface area contributed by atoms with Gasteiger partial charge in [-0.05, 0) is 54.9 Å². The molecule has 0 atom stereocenters. The zero-order chi connectivity index (χ0) is 23.8. The highest BCUT2D eigenvalue weighted by Gasteiger charge is 2.35. The molecule has 3 aromatic carbocycles. The number of rotatable bonds is 5. The summed E-state index contributed by atoms with van der Waals surface area (Å²) in [5, 5.41) is 0.689. The second-order valence-corrected chi connectivity index (χ2v) is 9.38. The first-order valence-corrected chi connectivity index (χ1v) is 11.9. The molecule has 0 saturated carbocycles. The third kappa shape index (κ3) is 3.94. The molecule has 0 bridgehead atoms. The van der Waals surface area contributed by atoms with Crippen molar-refractivity contribution >= 4 is 39.9 Å². The Morgan fingerprint density at radius 1 is 0.853 bits per heavy atom. The van der Waals surface area contributed by atoms with Crippen molar-refractivity contribution in [2.24, 2.45) is 0 Å². The van der Waals surface area contributed by atoms with Gasteiger partial charge in [0.05, 0.1) is 18.0 Å². The zero-order valence-corrected chi connectivity index (χ0v) is 19.7. The first kappa shape index (κ1) is 22.2. The Bertz CT molecular complexity index is 1470. The number of para-hydroxylation sites is 1. The Hall–Kier alpha value is -3.64. The van der Waals surface area contributed by atoms with Gasteiger partial charge in [-0.25, -0.2) is 4.39 Å². The number of fused-ring (bicyclic) bond motifs is 1. The molecule has 0 spiro atoms. The van der Waals surface area contributed by atoms with Crippen molar-refractivity contribution in [3.63, 3.8) is 0 Å². The van der Waals surface area contributed by atoms with E-state index in [1.165, 1.54) is 11.0 Å². The molecule has 1 aliphatic heterocycles. The van der Waals surface area contributed by atoms with Crippen molar-refractivity contribution in [3.8, 4) is 0 Å². The monoisotopic (exact) mass is 470 g/mol. The van der Waals surface area contributed by atoms with Gasteiger partial charge in [0.2, 0.25) is 0 Å². The second-order valence-electron chi connectivity index (χ2n) is 8.39. The van der Waals surface area contributed by atoms with E-state index in [-0.39, 0.29) is 23.5 Å². The lowest BCUT2D eigenvalue weighted by atomic mass is 10.1. The lowest BCUT2D eigenvalue weighted by Crippen LogP contribution is -2.27. The number of nitrogens with zero attached hydrogens (tertiary/aromatic N) is 2. The van der Waals surface area contributed by atoms with Crippen LogP contribution in [-0.2, 0) is 17.9 Å². The van der Waals surface area contributed by atoms with Gasteiger partial charge >= 0.3 is 0 Å². The number of aromatic nitrogens is 1. The topological polar surface area (TPSA) is 42.3 Å². The smallest absolute Gasteiger partial charge is 0.293 e. The van der Waals surface area contributed by atoms with Gasteiger partial charge in [0.1, 0.15) is 5.82 Å². The molecular weight excluding hydrogens is 447 g/mol. The minimum Gasteiger partial charge on any atom is -0.340 e. The largest absolute Gasteiger partial charge is 0.340 e. The number of halogens is 1. The summed E-state index contributed by atoms with van der Waals surface area (Å²) < 4.78 is 16.4. The molecule has 0 aliphatic carbocycles. The summed E-state index contributed by atoms with van der Waals surface area (Å²) >= 11 is 0.964. The van der Waals surface area contributed by atoms with Gasteiger partial charge in [-0.3, -0.25) is 14.5 Å². The highest BCUT2D eigenvalue weighted by atomic mass is 32.2. The molecule has 1 fully saturated rings. The van der Waals surface area contributed by atoms with E-state index in [2.05, 4.69) is 4.57 Å². The fourth-order valence-electron chi connectivity index (χ4n) is 4.37. The molecule has 34 heavy (non-hydrogen) atoms. The third-order valence-electron chi connectivity index (χ3n) is 6.30. The molecule has 6 heteroatoms. The maximum atomic E-state index is 14.4. The molecular formula is C28H23FN2O2S. The van der Waals surface area contributed by atoms with Crippen molar-refractivity contribution in [1.29, 1.82) is 0 Å². The van der Waals surface area contributed by atoms with Crippen LogP contribution < -0.4 is 0 Å². The maximum absolute atomic E-state index is 14.4. The molecule has 0 N–H and O–H groups in total. The van der Waals surface area contributed by atoms with Crippen LogP contribution in [0.1, 0.15) is 27.9 Å². The molecule has 2 amide bonds. The molecule has 2 heterocycles. The molecule has 0 radical (unpaired) electrons. The molecule has 5 rings (SSSR count). The Kier molecular flexibility index (Phi) is 5.84. The summed E-state index contributed by atoms with van der Waals surface area (Å²) in [6.45, 7) is 4.56. The Balaban J connectivity index is 1.53. The summed E-state index contributed by atoms with van der Waals surface area (Å²) in [5.41, 5.74) is 5.31. The van der Waals surface area contributed by atoms with Gasteiger partial charge in [-0.1, -0.05) is 60.7 Å². The van der Waals surface area contributed by atoms with Crippen LogP contribution in [-0.4, -0.2) is 20.6 Å². The van der Waals surface area contributed by atoms with Gasteiger partial charge in [-0.2, -0.15) is 0 Å². The quantitative estimate of drug-likeness (QED) is 0.306.